The first kappa shape index (κ1) is 9.64. The second-order valence-electron chi connectivity index (χ2n) is 6.29. The highest BCUT2D eigenvalue weighted by Gasteiger charge is 2.63. The van der Waals surface area contributed by atoms with Crippen LogP contribution in [0.3, 0.4) is 0 Å². The number of Topliss-reactive ketones (excluding diaryl/α,β-unsaturated/α-hetero) is 1. The van der Waals surface area contributed by atoms with Crippen LogP contribution in [0.1, 0.15) is 51.4 Å². The SMILES string of the molecule is O=C1[C@@H]2C[C@H]3CCCC[C@]3(O2)[C@H]2CCC[C@@H]12. The quantitative estimate of drug-likeness (QED) is 0.627. The predicted octanol–water partition coefficient (Wildman–Crippen LogP) is 2.70. The third-order valence-corrected chi connectivity index (χ3v) is 5.75. The van der Waals surface area contributed by atoms with Crippen molar-refractivity contribution < 1.29 is 9.53 Å². The van der Waals surface area contributed by atoms with Crippen LogP contribution in [0.25, 0.3) is 0 Å². The second-order valence-corrected chi connectivity index (χ2v) is 6.29. The number of ketones is 1. The van der Waals surface area contributed by atoms with E-state index in [1.54, 1.807) is 0 Å². The van der Waals surface area contributed by atoms with Gasteiger partial charge in [0.2, 0.25) is 0 Å². The minimum absolute atomic E-state index is 0.0116. The van der Waals surface area contributed by atoms with Crippen molar-refractivity contribution in [2.45, 2.75) is 63.1 Å². The Balaban J connectivity index is 1.78. The van der Waals surface area contributed by atoms with Crippen molar-refractivity contribution in [2.75, 3.05) is 0 Å². The van der Waals surface area contributed by atoms with Gasteiger partial charge < -0.3 is 4.74 Å². The molecule has 0 N–H and O–H groups in total. The Hall–Kier alpha value is -0.370. The molecular weight excluding hydrogens is 200 g/mol. The van der Waals surface area contributed by atoms with Crippen molar-refractivity contribution in [2.24, 2.45) is 17.8 Å². The molecular formula is C14H20O2. The summed E-state index contributed by atoms with van der Waals surface area (Å²) in [4.78, 5) is 12.3. The summed E-state index contributed by atoms with van der Waals surface area (Å²) in [5, 5.41) is 0. The van der Waals surface area contributed by atoms with Crippen molar-refractivity contribution in [1.82, 2.24) is 0 Å². The number of ether oxygens (including phenoxy) is 1. The average Bonchev–Trinajstić information content (AvgIpc) is 2.90. The van der Waals surface area contributed by atoms with Gasteiger partial charge in [0, 0.05) is 5.92 Å². The van der Waals surface area contributed by atoms with E-state index < -0.39 is 0 Å². The van der Waals surface area contributed by atoms with E-state index in [1.165, 1.54) is 38.5 Å². The summed E-state index contributed by atoms with van der Waals surface area (Å²) in [5.41, 5.74) is 0.151. The number of rotatable bonds is 0. The standard InChI is InChI=1S/C14H20O2/c15-13-10-5-3-6-11(10)14-7-2-1-4-9(14)8-12(13)16-14/h9-12H,1-8H2/t9-,10-,11+,12+,14-/m1/s1. The maximum atomic E-state index is 12.3. The number of carbonyl (C=O) groups excluding carboxylic acids is 1. The zero-order valence-electron chi connectivity index (χ0n) is 9.78. The van der Waals surface area contributed by atoms with E-state index in [4.69, 9.17) is 4.74 Å². The van der Waals surface area contributed by atoms with Gasteiger partial charge in [0.25, 0.3) is 0 Å². The van der Waals surface area contributed by atoms with Crippen LogP contribution in [0.5, 0.6) is 0 Å². The molecule has 2 heteroatoms. The van der Waals surface area contributed by atoms with Crippen LogP contribution >= 0.6 is 0 Å². The molecule has 88 valence electrons. The van der Waals surface area contributed by atoms with Crippen LogP contribution in [-0.2, 0) is 9.53 Å². The highest BCUT2D eigenvalue weighted by atomic mass is 16.5. The molecule has 4 aliphatic rings. The number of carbonyl (C=O) groups is 1. The Bertz CT molecular complexity index is 338. The maximum Gasteiger partial charge on any atom is 0.165 e. The molecule has 2 aliphatic heterocycles. The van der Waals surface area contributed by atoms with Gasteiger partial charge in [-0.3, -0.25) is 4.79 Å². The lowest BCUT2D eigenvalue weighted by Gasteiger charge is -2.47. The first-order chi connectivity index (χ1) is 7.81. The molecule has 0 aromatic heterocycles. The largest absolute Gasteiger partial charge is 0.363 e. The lowest BCUT2D eigenvalue weighted by atomic mass is 9.66. The topological polar surface area (TPSA) is 26.3 Å². The first-order valence-corrected chi connectivity index (χ1v) is 7.03. The molecule has 2 saturated carbocycles. The van der Waals surface area contributed by atoms with Gasteiger partial charge >= 0.3 is 0 Å². The van der Waals surface area contributed by atoms with Gasteiger partial charge in [0.15, 0.2) is 5.78 Å². The Morgan fingerprint density at radius 3 is 3.00 bits per heavy atom. The third-order valence-electron chi connectivity index (χ3n) is 5.75. The Morgan fingerprint density at radius 1 is 1.12 bits per heavy atom. The fourth-order valence-electron chi connectivity index (χ4n) is 5.16. The van der Waals surface area contributed by atoms with Crippen LogP contribution in [0.4, 0.5) is 0 Å². The molecule has 0 aromatic carbocycles. The van der Waals surface area contributed by atoms with Crippen molar-refractivity contribution in [3.8, 4) is 0 Å². The number of hydrogen-bond acceptors (Lipinski definition) is 2. The van der Waals surface area contributed by atoms with Crippen LogP contribution in [0, 0.1) is 17.8 Å². The fourth-order valence-corrected chi connectivity index (χ4v) is 5.16. The molecule has 4 fully saturated rings. The zero-order valence-corrected chi connectivity index (χ0v) is 9.78. The van der Waals surface area contributed by atoms with E-state index in [1.807, 2.05) is 0 Å². The summed E-state index contributed by atoms with van der Waals surface area (Å²) in [7, 11) is 0. The molecule has 0 amide bonds. The van der Waals surface area contributed by atoms with E-state index in [2.05, 4.69) is 0 Å². The highest BCUT2D eigenvalue weighted by Crippen LogP contribution is 2.59. The predicted molar refractivity (Wildman–Crippen MR) is 60.0 cm³/mol. The maximum absolute atomic E-state index is 12.3. The van der Waals surface area contributed by atoms with E-state index in [0.29, 0.717) is 23.5 Å². The Morgan fingerprint density at radius 2 is 2.06 bits per heavy atom. The van der Waals surface area contributed by atoms with Crippen LogP contribution < -0.4 is 0 Å². The summed E-state index contributed by atoms with van der Waals surface area (Å²) in [6.45, 7) is 0. The van der Waals surface area contributed by atoms with Crippen molar-refractivity contribution in [3.63, 3.8) is 0 Å². The summed E-state index contributed by atoms with van der Waals surface area (Å²) in [6.07, 6.45) is 9.92. The van der Waals surface area contributed by atoms with Crippen LogP contribution in [0.2, 0.25) is 0 Å². The lowest BCUT2D eigenvalue weighted by molar-refractivity contribution is -0.175. The van der Waals surface area contributed by atoms with Gasteiger partial charge in [-0.1, -0.05) is 19.3 Å². The Labute approximate surface area is 96.7 Å². The monoisotopic (exact) mass is 220 g/mol. The summed E-state index contributed by atoms with van der Waals surface area (Å²) in [5.74, 6) is 2.14. The molecule has 5 atom stereocenters. The van der Waals surface area contributed by atoms with Gasteiger partial charge in [-0.25, -0.2) is 0 Å². The molecule has 2 nitrogen and oxygen atoms in total. The molecule has 2 heterocycles. The third kappa shape index (κ3) is 1.000. The first-order valence-electron chi connectivity index (χ1n) is 7.03. The van der Waals surface area contributed by atoms with E-state index in [9.17, 15) is 4.79 Å². The fraction of sp³-hybridized carbons (Fsp3) is 0.929. The van der Waals surface area contributed by atoms with E-state index in [0.717, 1.165) is 12.8 Å². The van der Waals surface area contributed by atoms with Gasteiger partial charge in [0.1, 0.15) is 6.10 Å². The molecule has 0 radical (unpaired) electrons. The lowest BCUT2D eigenvalue weighted by Crippen LogP contribution is -2.52. The van der Waals surface area contributed by atoms with Gasteiger partial charge in [-0.2, -0.15) is 0 Å². The molecule has 2 aliphatic carbocycles. The van der Waals surface area contributed by atoms with Crippen molar-refractivity contribution >= 4 is 5.78 Å². The average molecular weight is 220 g/mol. The highest BCUT2D eigenvalue weighted by molar-refractivity contribution is 5.87. The van der Waals surface area contributed by atoms with E-state index >= 15 is 0 Å². The summed E-state index contributed by atoms with van der Waals surface area (Å²) < 4.78 is 6.27. The summed E-state index contributed by atoms with van der Waals surface area (Å²) in [6, 6.07) is 0. The number of hydrogen-bond donors (Lipinski definition) is 0. The minimum Gasteiger partial charge on any atom is -0.363 e. The van der Waals surface area contributed by atoms with Crippen LogP contribution in [-0.4, -0.2) is 17.5 Å². The molecule has 4 rings (SSSR count). The van der Waals surface area contributed by atoms with Crippen molar-refractivity contribution in [1.29, 1.82) is 0 Å². The molecule has 1 spiro atoms. The van der Waals surface area contributed by atoms with Gasteiger partial charge in [0.05, 0.1) is 5.60 Å². The smallest absolute Gasteiger partial charge is 0.165 e. The number of fused-ring (bicyclic) bond motifs is 2. The zero-order chi connectivity index (χ0) is 10.8. The Kier molecular flexibility index (Phi) is 1.86. The normalized spacial score (nSPS) is 54.9. The molecule has 2 bridgehead atoms. The molecule has 0 aromatic rings. The summed E-state index contributed by atoms with van der Waals surface area (Å²) >= 11 is 0. The van der Waals surface area contributed by atoms with Crippen molar-refractivity contribution in [3.05, 3.63) is 0 Å². The van der Waals surface area contributed by atoms with E-state index in [-0.39, 0.29) is 11.7 Å². The molecule has 2 saturated heterocycles. The molecule has 16 heavy (non-hydrogen) atoms. The van der Waals surface area contributed by atoms with Gasteiger partial charge in [-0.05, 0) is 43.9 Å². The molecule has 0 unspecified atom stereocenters. The van der Waals surface area contributed by atoms with Gasteiger partial charge in [-0.15, -0.1) is 0 Å². The van der Waals surface area contributed by atoms with Crippen LogP contribution in [0.15, 0.2) is 0 Å². The minimum atomic E-state index is -0.0116. The second kappa shape index (κ2) is 3.10.